The number of hydrogen-bond acceptors (Lipinski definition) is 7. The third-order valence-electron chi connectivity index (χ3n) is 6.29. The number of H-pyrrole nitrogens is 1. The van der Waals surface area contributed by atoms with Gasteiger partial charge in [-0.15, -0.1) is 0 Å². The number of anilines is 2. The van der Waals surface area contributed by atoms with Gasteiger partial charge in [0.15, 0.2) is 28.6 Å². The van der Waals surface area contributed by atoms with Crippen LogP contribution in [0.15, 0.2) is 47.2 Å². The Morgan fingerprint density at radius 3 is 2.76 bits per heavy atom. The van der Waals surface area contributed by atoms with E-state index in [-0.39, 0.29) is 12.1 Å². The molecule has 1 aliphatic rings. The molecule has 4 heterocycles. The Hall–Kier alpha value is -3.64. The Bertz CT molecular complexity index is 1580. The first kappa shape index (κ1) is 23.7. The van der Waals surface area contributed by atoms with Crippen LogP contribution in [0.5, 0.6) is 0 Å². The molecular formula is C25H23BrF2N8O. The van der Waals surface area contributed by atoms with Crippen molar-refractivity contribution in [3.05, 3.63) is 70.2 Å². The molecule has 37 heavy (non-hydrogen) atoms. The van der Waals surface area contributed by atoms with E-state index in [1.807, 2.05) is 16.7 Å². The minimum Gasteiger partial charge on any atom is -0.378 e. The first-order chi connectivity index (χ1) is 18.0. The molecule has 2 N–H and O–H groups in total. The molecular weight excluding hydrogens is 546 g/mol. The fourth-order valence-corrected chi connectivity index (χ4v) is 4.83. The fourth-order valence-electron chi connectivity index (χ4n) is 4.39. The Morgan fingerprint density at radius 2 is 1.92 bits per heavy atom. The van der Waals surface area contributed by atoms with Crippen LogP contribution in [-0.4, -0.2) is 55.8 Å². The number of benzene rings is 2. The van der Waals surface area contributed by atoms with Crippen LogP contribution in [0.25, 0.3) is 22.2 Å². The number of ether oxygens (including phenoxy) is 1. The molecule has 5 aromatic rings. The van der Waals surface area contributed by atoms with Crippen LogP contribution in [0.1, 0.15) is 11.4 Å². The monoisotopic (exact) mass is 568 g/mol. The van der Waals surface area contributed by atoms with Gasteiger partial charge in [-0.3, -0.25) is 0 Å². The average Bonchev–Trinajstić information content (AvgIpc) is 3.53. The maximum atomic E-state index is 14.1. The number of aromatic nitrogens is 6. The standard InChI is InChI=1S/C25H23BrF2N8O/c26-16-3-1-2-15(12-16)6-7-36-14-30-22-23(33-25(34-24(22)36)35-8-10-37-11-9-35)29-13-19-31-18-5-4-17(27)20(28)21(18)32-19/h1-5,12,14H,6-11,13H2,(H,31,32)(H,29,33,34). The van der Waals surface area contributed by atoms with E-state index in [4.69, 9.17) is 14.7 Å². The molecule has 0 aliphatic carbocycles. The van der Waals surface area contributed by atoms with Crippen molar-refractivity contribution >= 4 is 49.9 Å². The molecule has 6 rings (SSSR count). The fraction of sp³-hybridized carbons (Fsp3) is 0.280. The van der Waals surface area contributed by atoms with Gasteiger partial charge < -0.3 is 24.5 Å². The maximum absolute atomic E-state index is 14.1. The summed E-state index contributed by atoms with van der Waals surface area (Å²) in [5.41, 5.74) is 2.93. The quantitative estimate of drug-likeness (QED) is 0.299. The van der Waals surface area contributed by atoms with Crippen molar-refractivity contribution < 1.29 is 13.5 Å². The van der Waals surface area contributed by atoms with E-state index < -0.39 is 11.6 Å². The van der Waals surface area contributed by atoms with Crippen LogP contribution >= 0.6 is 15.9 Å². The third-order valence-corrected chi connectivity index (χ3v) is 6.79. The van der Waals surface area contributed by atoms with Gasteiger partial charge in [0.1, 0.15) is 11.3 Å². The summed E-state index contributed by atoms with van der Waals surface area (Å²) in [7, 11) is 0. The van der Waals surface area contributed by atoms with E-state index in [0.29, 0.717) is 67.1 Å². The summed E-state index contributed by atoms with van der Waals surface area (Å²) in [6, 6.07) is 10.8. The van der Waals surface area contributed by atoms with Crippen LogP contribution in [0.4, 0.5) is 20.5 Å². The van der Waals surface area contributed by atoms with Gasteiger partial charge >= 0.3 is 0 Å². The largest absolute Gasteiger partial charge is 0.378 e. The molecule has 2 aromatic carbocycles. The highest BCUT2D eigenvalue weighted by atomic mass is 79.9. The minimum absolute atomic E-state index is 0.0320. The lowest BCUT2D eigenvalue weighted by Crippen LogP contribution is -2.37. The number of aromatic amines is 1. The molecule has 1 aliphatic heterocycles. The summed E-state index contributed by atoms with van der Waals surface area (Å²) in [5.74, 6) is -0.323. The lowest BCUT2D eigenvalue weighted by molar-refractivity contribution is 0.122. The molecule has 0 bridgehead atoms. The molecule has 1 fully saturated rings. The van der Waals surface area contributed by atoms with Gasteiger partial charge in [-0.25, -0.2) is 18.7 Å². The summed E-state index contributed by atoms with van der Waals surface area (Å²) >= 11 is 3.53. The second-order valence-electron chi connectivity index (χ2n) is 8.76. The number of morpholine rings is 1. The molecule has 0 amide bonds. The normalized spacial score (nSPS) is 14.1. The van der Waals surface area contributed by atoms with Gasteiger partial charge in [-0.2, -0.15) is 9.97 Å². The van der Waals surface area contributed by atoms with Gasteiger partial charge in [0, 0.05) is 24.1 Å². The van der Waals surface area contributed by atoms with E-state index >= 15 is 0 Å². The van der Waals surface area contributed by atoms with E-state index in [9.17, 15) is 8.78 Å². The molecule has 0 radical (unpaired) electrons. The van der Waals surface area contributed by atoms with Gasteiger partial charge in [0.05, 0.1) is 31.6 Å². The SMILES string of the molecule is Fc1ccc2[nH]c(CNc3nc(N4CCOCC4)nc4c3ncn4CCc3cccc(Br)c3)nc2c1F. The summed E-state index contributed by atoms with van der Waals surface area (Å²) in [4.78, 5) is 23.5. The van der Waals surface area contributed by atoms with Crippen LogP contribution in [0.2, 0.25) is 0 Å². The second-order valence-corrected chi connectivity index (χ2v) is 9.67. The topological polar surface area (TPSA) is 96.8 Å². The molecule has 1 saturated heterocycles. The Labute approximate surface area is 219 Å². The highest BCUT2D eigenvalue weighted by Gasteiger charge is 2.20. The van der Waals surface area contributed by atoms with Crippen molar-refractivity contribution in [3.63, 3.8) is 0 Å². The third kappa shape index (κ3) is 4.86. The average molecular weight is 569 g/mol. The van der Waals surface area contributed by atoms with Gasteiger partial charge in [-0.05, 0) is 36.2 Å². The highest BCUT2D eigenvalue weighted by Crippen LogP contribution is 2.25. The van der Waals surface area contributed by atoms with E-state index in [2.05, 4.69) is 53.2 Å². The number of nitrogens with one attached hydrogen (secondary N) is 2. The van der Waals surface area contributed by atoms with Crippen LogP contribution in [-0.2, 0) is 24.2 Å². The van der Waals surface area contributed by atoms with E-state index in [1.165, 1.54) is 11.6 Å². The summed E-state index contributed by atoms with van der Waals surface area (Å²) in [6.45, 7) is 3.49. The second kappa shape index (κ2) is 10.0. The van der Waals surface area contributed by atoms with Crippen molar-refractivity contribution in [2.75, 3.05) is 36.5 Å². The molecule has 12 heteroatoms. The number of nitrogens with zero attached hydrogens (tertiary/aromatic N) is 6. The van der Waals surface area contributed by atoms with E-state index in [0.717, 1.165) is 17.0 Å². The summed E-state index contributed by atoms with van der Waals surface area (Å²) in [6.07, 6.45) is 2.58. The van der Waals surface area contributed by atoms with Crippen LogP contribution < -0.4 is 10.2 Å². The Morgan fingerprint density at radius 1 is 1.05 bits per heavy atom. The van der Waals surface area contributed by atoms with Crippen LogP contribution in [0.3, 0.4) is 0 Å². The Balaban J connectivity index is 1.31. The zero-order chi connectivity index (χ0) is 25.4. The number of aryl methyl sites for hydroxylation is 2. The number of rotatable bonds is 7. The number of hydrogen-bond donors (Lipinski definition) is 2. The molecule has 9 nitrogen and oxygen atoms in total. The zero-order valence-corrected chi connectivity index (χ0v) is 21.3. The van der Waals surface area contributed by atoms with Crippen molar-refractivity contribution in [1.29, 1.82) is 0 Å². The van der Waals surface area contributed by atoms with Crippen LogP contribution in [0, 0.1) is 11.6 Å². The van der Waals surface area contributed by atoms with Gasteiger partial charge in [-0.1, -0.05) is 28.1 Å². The molecule has 190 valence electrons. The van der Waals surface area contributed by atoms with Crippen molar-refractivity contribution in [3.8, 4) is 0 Å². The lowest BCUT2D eigenvalue weighted by atomic mass is 10.1. The smallest absolute Gasteiger partial charge is 0.229 e. The molecule has 0 saturated carbocycles. The zero-order valence-electron chi connectivity index (χ0n) is 19.7. The van der Waals surface area contributed by atoms with Crippen molar-refractivity contribution in [2.45, 2.75) is 19.5 Å². The Kier molecular flexibility index (Phi) is 6.43. The van der Waals surface area contributed by atoms with E-state index in [1.54, 1.807) is 6.33 Å². The van der Waals surface area contributed by atoms with Gasteiger partial charge in [0.25, 0.3) is 0 Å². The number of halogens is 3. The minimum atomic E-state index is -0.969. The molecule has 0 unspecified atom stereocenters. The predicted molar refractivity (Wildman–Crippen MR) is 140 cm³/mol. The summed E-state index contributed by atoms with van der Waals surface area (Å²) < 4.78 is 36.3. The van der Waals surface area contributed by atoms with Crippen molar-refractivity contribution in [2.24, 2.45) is 0 Å². The number of imidazole rings is 2. The summed E-state index contributed by atoms with van der Waals surface area (Å²) in [5, 5.41) is 3.27. The predicted octanol–water partition coefficient (Wildman–Crippen LogP) is 4.43. The highest BCUT2D eigenvalue weighted by molar-refractivity contribution is 9.10. The van der Waals surface area contributed by atoms with Gasteiger partial charge in [0.2, 0.25) is 5.95 Å². The first-order valence-corrected chi connectivity index (χ1v) is 12.7. The maximum Gasteiger partial charge on any atom is 0.229 e. The molecule has 3 aromatic heterocycles. The molecule has 0 spiro atoms. The first-order valence-electron chi connectivity index (χ1n) is 11.9. The number of fused-ring (bicyclic) bond motifs is 2. The van der Waals surface area contributed by atoms with Crippen molar-refractivity contribution in [1.82, 2.24) is 29.5 Å². The lowest BCUT2D eigenvalue weighted by Gasteiger charge is -2.27. The molecule has 0 atom stereocenters.